The van der Waals surface area contributed by atoms with Crippen LogP contribution < -0.4 is 0 Å². The molecule has 0 bridgehead atoms. The lowest BCUT2D eigenvalue weighted by Crippen LogP contribution is -2.30. The molecule has 0 heterocycles. The van der Waals surface area contributed by atoms with E-state index in [1.54, 1.807) is 0 Å². The van der Waals surface area contributed by atoms with Gasteiger partial charge in [-0.15, -0.1) is 0 Å². The summed E-state index contributed by atoms with van der Waals surface area (Å²) in [5.74, 6) is 0. The first-order valence-electron chi connectivity index (χ1n) is 6.35. The van der Waals surface area contributed by atoms with Crippen LogP contribution in [0.5, 0.6) is 0 Å². The van der Waals surface area contributed by atoms with Gasteiger partial charge < -0.3 is 4.74 Å². The number of ether oxygens (including phenoxy) is 1. The fraction of sp³-hybridized carbons (Fsp3) is 0.571. The average molecular weight is 453 g/mol. The summed E-state index contributed by atoms with van der Waals surface area (Å²) in [5, 5.41) is 2.06. The van der Waals surface area contributed by atoms with Crippen molar-refractivity contribution in [2.45, 2.75) is 24.4 Å². The number of hydrogen-bond acceptors (Lipinski definition) is 1. The largest absolute Gasteiger partial charge is 0.411 e. The van der Waals surface area contributed by atoms with Crippen LogP contribution in [-0.2, 0) is 10.2 Å². The van der Waals surface area contributed by atoms with Crippen LogP contribution in [-0.4, -0.2) is 30.1 Å². The molecule has 0 aliphatic carbocycles. The summed E-state index contributed by atoms with van der Waals surface area (Å²) in [6.45, 7) is -1.10. The van der Waals surface area contributed by atoms with Crippen LogP contribution in [0.4, 0.5) is 13.2 Å². The lowest BCUT2D eigenvalue weighted by atomic mass is 9.80. The Morgan fingerprint density at radius 2 is 1.62 bits per heavy atom. The third kappa shape index (κ3) is 6.47. The van der Waals surface area contributed by atoms with Crippen LogP contribution in [0.15, 0.2) is 24.3 Å². The Kier molecular flexibility index (Phi) is 8.03. The molecule has 7 heteroatoms. The molecule has 0 aromatic heterocycles. The third-order valence-electron chi connectivity index (χ3n) is 3.18. The van der Waals surface area contributed by atoms with Crippen LogP contribution in [0.1, 0.15) is 18.4 Å². The van der Waals surface area contributed by atoms with E-state index >= 15 is 0 Å². The maximum absolute atomic E-state index is 12.0. The van der Waals surface area contributed by atoms with Crippen molar-refractivity contribution in [3.63, 3.8) is 0 Å². The molecule has 1 aromatic rings. The molecule has 120 valence electrons. The lowest BCUT2D eigenvalue weighted by molar-refractivity contribution is -0.174. The lowest BCUT2D eigenvalue weighted by Gasteiger charge is -2.31. The molecule has 1 aromatic carbocycles. The molecule has 0 aliphatic rings. The molecular weight excluding hydrogens is 436 g/mol. The molecule has 0 N–H and O–H groups in total. The molecule has 0 atom stereocenters. The minimum absolute atomic E-state index is 0.0921. The van der Waals surface area contributed by atoms with E-state index in [2.05, 4.69) is 36.6 Å². The SMILES string of the molecule is FC(F)(F)COCCCC(CBr)(CBr)c1ccc(Cl)cc1. The molecule has 0 aliphatic heterocycles. The zero-order valence-electron chi connectivity index (χ0n) is 11.2. The van der Waals surface area contributed by atoms with Crippen molar-refractivity contribution in [1.29, 1.82) is 0 Å². The number of alkyl halides is 5. The maximum atomic E-state index is 12.0. The summed E-state index contributed by atoms with van der Waals surface area (Å²) >= 11 is 12.9. The van der Waals surface area contributed by atoms with Crippen LogP contribution >= 0.6 is 43.5 Å². The van der Waals surface area contributed by atoms with Crippen LogP contribution in [0.2, 0.25) is 5.02 Å². The first-order valence-corrected chi connectivity index (χ1v) is 8.97. The number of hydrogen-bond donors (Lipinski definition) is 0. The zero-order chi connectivity index (χ0) is 15.9. The van der Waals surface area contributed by atoms with Gasteiger partial charge in [-0.2, -0.15) is 13.2 Å². The van der Waals surface area contributed by atoms with E-state index in [1.165, 1.54) is 0 Å². The fourth-order valence-electron chi connectivity index (χ4n) is 1.97. The van der Waals surface area contributed by atoms with Gasteiger partial charge in [0.2, 0.25) is 0 Å². The van der Waals surface area contributed by atoms with E-state index in [0.717, 1.165) is 5.56 Å². The third-order valence-corrected chi connectivity index (χ3v) is 5.58. The van der Waals surface area contributed by atoms with E-state index in [0.29, 0.717) is 28.5 Å². The molecule has 0 saturated heterocycles. The zero-order valence-corrected chi connectivity index (χ0v) is 15.2. The van der Waals surface area contributed by atoms with Crippen molar-refractivity contribution >= 4 is 43.5 Å². The van der Waals surface area contributed by atoms with Crippen molar-refractivity contribution in [2.24, 2.45) is 0 Å². The Labute approximate surface area is 144 Å². The Morgan fingerprint density at radius 1 is 1.05 bits per heavy atom. The second kappa shape index (κ2) is 8.75. The molecule has 0 spiro atoms. The summed E-state index contributed by atoms with van der Waals surface area (Å²) in [4.78, 5) is 0. The highest BCUT2D eigenvalue weighted by molar-refractivity contribution is 9.09. The normalized spacial score (nSPS) is 12.7. The van der Waals surface area contributed by atoms with Crippen molar-refractivity contribution in [1.82, 2.24) is 0 Å². The van der Waals surface area contributed by atoms with E-state index in [4.69, 9.17) is 11.6 Å². The second-order valence-electron chi connectivity index (χ2n) is 4.83. The van der Waals surface area contributed by atoms with Gasteiger partial charge in [-0.25, -0.2) is 0 Å². The van der Waals surface area contributed by atoms with Crippen LogP contribution in [0, 0.1) is 0 Å². The van der Waals surface area contributed by atoms with Gasteiger partial charge in [0.05, 0.1) is 0 Å². The smallest absolute Gasteiger partial charge is 0.372 e. The van der Waals surface area contributed by atoms with Crippen molar-refractivity contribution in [3.05, 3.63) is 34.9 Å². The van der Waals surface area contributed by atoms with Gasteiger partial charge >= 0.3 is 6.18 Å². The average Bonchev–Trinajstić information content (AvgIpc) is 2.43. The van der Waals surface area contributed by atoms with E-state index in [9.17, 15) is 13.2 Å². The van der Waals surface area contributed by atoms with E-state index in [1.807, 2.05) is 24.3 Å². The summed E-state index contributed by atoms with van der Waals surface area (Å²) < 4.78 is 40.7. The Bertz CT molecular complexity index is 419. The molecule has 21 heavy (non-hydrogen) atoms. The number of benzene rings is 1. The highest BCUT2D eigenvalue weighted by atomic mass is 79.9. The molecule has 0 fully saturated rings. The summed E-state index contributed by atoms with van der Waals surface area (Å²) in [7, 11) is 0. The first-order chi connectivity index (χ1) is 9.83. The van der Waals surface area contributed by atoms with Gasteiger partial charge in [0.1, 0.15) is 6.61 Å². The molecule has 0 saturated carbocycles. The Morgan fingerprint density at radius 3 is 2.10 bits per heavy atom. The summed E-state index contributed by atoms with van der Waals surface area (Å²) in [6, 6.07) is 7.52. The molecule has 0 amide bonds. The fourth-order valence-corrected chi connectivity index (χ4v) is 4.23. The van der Waals surface area contributed by atoms with Crippen molar-refractivity contribution in [2.75, 3.05) is 23.9 Å². The Balaban J connectivity index is 2.59. The molecule has 1 nitrogen and oxygen atoms in total. The van der Waals surface area contributed by atoms with E-state index < -0.39 is 12.8 Å². The molecule has 1 rings (SSSR count). The predicted octanol–water partition coefficient (Wildman–Crippen LogP) is 5.73. The highest BCUT2D eigenvalue weighted by Gasteiger charge is 2.30. The van der Waals surface area contributed by atoms with Gasteiger partial charge in [-0.05, 0) is 30.5 Å². The van der Waals surface area contributed by atoms with Crippen LogP contribution in [0.3, 0.4) is 0 Å². The number of halogens is 6. The molecule has 0 unspecified atom stereocenters. The number of rotatable bonds is 8. The van der Waals surface area contributed by atoms with Crippen molar-refractivity contribution in [3.8, 4) is 0 Å². The van der Waals surface area contributed by atoms with Gasteiger partial charge in [0.15, 0.2) is 0 Å². The second-order valence-corrected chi connectivity index (χ2v) is 6.38. The van der Waals surface area contributed by atoms with Crippen LogP contribution in [0.25, 0.3) is 0 Å². The molecule has 0 radical (unpaired) electrons. The van der Waals surface area contributed by atoms with Gasteiger partial charge in [0, 0.05) is 27.7 Å². The summed E-state index contributed by atoms with van der Waals surface area (Å²) in [6.07, 6.45) is -3.00. The monoisotopic (exact) mass is 450 g/mol. The highest BCUT2D eigenvalue weighted by Crippen LogP contribution is 2.34. The predicted molar refractivity (Wildman–Crippen MR) is 86.8 cm³/mol. The van der Waals surface area contributed by atoms with Gasteiger partial charge in [0.25, 0.3) is 0 Å². The minimum Gasteiger partial charge on any atom is -0.372 e. The Hall–Kier alpha value is 0.220. The van der Waals surface area contributed by atoms with Gasteiger partial charge in [-0.1, -0.05) is 55.6 Å². The quantitative estimate of drug-likeness (QED) is 0.362. The standard InChI is InChI=1S/C14H16Br2ClF3O/c15-8-13(9-16,11-2-4-12(17)5-3-11)6-1-7-21-10-14(18,19)20/h2-5H,1,6-10H2. The van der Waals surface area contributed by atoms with Gasteiger partial charge in [-0.3, -0.25) is 0 Å². The van der Waals surface area contributed by atoms with E-state index in [-0.39, 0.29) is 12.0 Å². The summed E-state index contributed by atoms with van der Waals surface area (Å²) in [5.41, 5.74) is 0.906. The molecular formula is C14H16Br2ClF3O. The van der Waals surface area contributed by atoms with Crippen molar-refractivity contribution < 1.29 is 17.9 Å². The minimum atomic E-state index is -4.27. The first kappa shape index (κ1) is 19.3. The maximum Gasteiger partial charge on any atom is 0.411 e. The topological polar surface area (TPSA) is 9.23 Å².